The molecule has 2 aliphatic rings. The van der Waals surface area contributed by atoms with Gasteiger partial charge < -0.3 is 19.7 Å². The van der Waals surface area contributed by atoms with Gasteiger partial charge in [0.05, 0.1) is 14.2 Å². The average molecular weight is 378 g/mol. The van der Waals surface area contributed by atoms with Gasteiger partial charge in [0.15, 0.2) is 11.5 Å². The van der Waals surface area contributed by atoms with E-state index >= 15 is 0 Å². The van der Waals surface area contributed by atoms with Crippen LogP contribution in [-0.4, -0.2) is 32.3 Å². The van der Waals surface area contributed by atoms with Crippen LogP contribution in [0.2, 0.25) is 0 Å². The summed E-state index contributed by atoms with van der Waals surface area (Å²) < 4.78 is 11.0. The molecule has 2 heterocycles. The maximum absolute atomic E-state index is 12.5. The first-order valence-corrected chi connectivity index (χ1v) is 9.53. The van der Waals surface area contributed by atoms with Crippen LogP contribution in [0.15, 0.2) is 48.5 Å². The molecular weight excluding hydrogens is 352 g/mol. The lowest BCUT2D eigenvalue weighted by molar-refractivity contribution is -0.124. The molecule has 2 aromatic carbocycles. The van der Waals surface area contributed by atoms with E-state index in [1.165, 1.54) is 11.3 Å². The smallest absolute Gasteiger partial charge is 0.223 e. The van der Waals surface area contributed by atoms with Gasteiger partial charge in [-0.25, -0.2) is 0 Å². The second kappa shape index (κ2) is 6.59. The van der Waals surface area contributed by atoms with Gasteiger partial charge in [-0.3, -0.25) is 4.79 Å². The Morgan fingerprint density at radius 1 is 1.07 bits per heavy atom. The van der Waals surface area contributed by atoms with Crippen LogP contribution in [0.4, 0.5) is 5.69 Å². The second-order valence-corrected chi connectivity index (χ2v) is 7.77. The number of para-hydroxylation sites is 2. The molecule has 0 bridgehead atoms. The topological polar surface area (TPSA) is 50.8 Å². The van der Waals surface area contributed by atoms with E-state index < -0.39 is 5.66 Å². The quantitative estimate of drug-likeness (QED) is 0.881. The summed E-state index contributed by atoms with van der Waals surface area (Å²) in [5.41, 5.74) is 2.37. The lowest BCUT2D eigenvalue weighted by Gasteiger charge is -2.49. The first-order chi connectivity index (χ1) is 13.4. The fourth-order valence-electron chi connectivity index (χ4n) is 4.57. The maximum Gasteiger partial charge on any atom is 0.223 e. The van der Waals surface area contributed by atoms with Crippen molar-refractivity contribution in [2.45, 2.75) is 31.3 Å². The minimum Gasteiger partial charge on any atom is -0.493 e. The molecule has 1 atom stereocenters. The molecule has 0 aromatic heterocycles. The summed E-state index contributed by atoms with van der Waals surface area (Å²) in [4.78, 5) is 14.8. The van der Waals surface area contributed by atoms with Gasteiger partial charge in [-0.15, -0.1) is 0 Å². The molecule has 0 spiro atoms. The zero-order chi connectivity index (χ0) is 19.9. The van der Waals surface area contributed by atoms with Gasteiger partial charge in [-0.05, 0) is 23.8 Å². The standard InChI is InChI=1S/C23H26N2O3/c1-22(2)17-9-5-6-10-18(17)25-15-13-20(26)24-23(22,25)14-12-16-8-7-11-19(27-3)21(16)28-4/h5-12,14H,13,15H2,1-4H3,(H,24,26)/b14-12+/t23-/m0/s1. The van der Waals surface area contributed by atoms with Crippen molar-refractivity contribution in [2.24, 2.45) is 0 Å². The maximum atomic E-state index is 12.5. The molecule has 0 saturated carbocycles. The molecule has 2 aromatic rings. The number of ether oxygens (including phenoxy) is 2. The van der Waals surface area contributed by atoms with Gasteiger partial charge in [0.2, 0.25) is 5.91 Å². The normalized spacial score (nSPS) is 22.6. The number of amides is 1. The van der Waals surface area contributed by atoms with Gasteiger partial charge in [-0.2, -0.15) is 0 Å². The molecule has 28 heavy (non-hydrogen) atoms. The predicted octanol–water partition coefficient (Wildman–Crippen LogP) is 3.73. The Labute approximate surface area is 165 Å². The Morgan fingerprint density at radius 3 is 2.61 bits per heavy atom. The fourth-order valence-corrected chi connectivity index (χ4v) is 4.57. The monoisotopic (exact) mass is 378 g/mol. The van der Waals surface area contributed by atoms with E-state index in [-0.39, 0.29) is 11.3 Å². The number of carbonyl (C=O) groups is 1. The van der Waals surface area contributed by atoms with E-state index in [9.17, 15) is 4.79 Å². The lowest BCUT2D eigenvalue weighted by Crippen LogP contribution is -2.68. The molecule has 4 rings (SSSR count). The Kier molecular flexibility index (Phi) is 4.33. The van der Waals surface area contributed by atoms with E-state index in [0.29, 0.717) is 24.5 Å². The van der Waals surface area contributed by atoms with Crippen molar-refractivity contribution in [1.82, 2.24) is 5.32 Å². The van der Waals surface area contributed by atoms with Crippen LogP contribution < -0.4 is 19.7 Å². The number of nitrogens with zero attached hydrogens (tertiary/aromatic N) is 1. The van der Waals surface area contributed by atoms with Crippen LogP contribution >= 0.6 is 0 Å². The molecule has 1 N–H and O–H groups in total. The van der Waals surface area contributed by atoms with E-state index in [1.54, 1.807) is 14.2 Å². The number of carbonyl (C=O) groups excluding carboxylic acids is 1. The minimum absolute atomic E-state index is 0.0689. The summed E-state index contributed by atoms with van der Waals surface area (Å²) >= 11 is 0. The van der Waals surface area contributed by atoms with Gasteiger partial charge in [0, 0.05) is 29.6 Å². The highest BCUT2D eigenvalue weighted by Crippen LogP contribution is 2.52. The summed E-state index contributed by atoms with van der Waals surface area (Å²) in [5, 5.41) is 3.29. The first-order valence-electron chi connectivity index (χ1n) is 9.53. The van der Waals surface area contributed by atoms with Crippen LogP contribution in [-0.2, 0) is 10.2 Å². The molecule has 0 radical (unpaired) electrons. The van der Waals surface area contributed by atoms with E-state index in [1.807, 2.05) is 24.3 Å². The van der Waals surface area contributed by atoms with Gasteiger partial charge >= 0.3 is 0 Å². The van der Waals surface area contributed by atoms with Crippen molar-refractivity contribution in [1.29, 1.82) is 0 Å². The molecule has 0 aliphatic carbocycles. The largest absolute Gasteiger partial charge is 0.493 e. The molecule has 0 unspecified atom stereocenters. The SMILES string of the molecule is COc1cccc(/C=C/[C@]23NC(=O)CCN2c2ccccc2C3(C)C)c1OC. The zero-order valence-electron chi connectivity index (χ0n) is 16.8. The van der Waals surface area contributed by atoms with Gasteiger partial charge in [0.1, 0.15) is 5.66 Å². The highest BCUT2D eigenvalue weighted by molar-refractivity contribution is 5.84. The van der Waals surface area contributed by atoms with Crippen molar-refractivity contribution in [3.05, 3.63) is 59.7 Å². The number of hydrogen-bond donors (Lipinski definition) is 1. The summed E-state index contributed by atoms with van der Waals surface area (Å²) in [6.07, 6.45) is 4.61. The summed E-state index contributed by atoms with van der Waals surface area (Å²) in [6, 6.07) is 14.2. The highest BCUT2D eigenvalue weighted by atomic mass is 16.5. The minimum atomic E-state index is -0.639. The first kappa shape index (κ1) is 18.4. The van der Waals surface area contributed by atoms with Crippen molar-refractivity contribution >= 4 is 17.7 Å². The van der Waals surface area contributed by atoms with Crippen molar-refractivity contribution in [3.8, 4) is 11.5 Å². The van der Waals surface area contributed by atoms with Crippen LogP contribution in [0.5, 0.6) is 11.5 Å². The summed E-state index contributed by atoms with van der Waals surface area (Å²) in [6.45, 7) is 5.06. The predicted molar refractivity (Wildman–Crippen MR) is 111 cm³/mol. The number of nitrogens with one attached hydrogen (secondary N) is 1. The third kappa shape index (κ3) is 2.49. The van der Waals surface area contributed by atoms with Crippen LogP contribution in [0.25, 0.3) is 6.08 Å². The molecule has 1 saturated heterocycles. The highest BCUT2D eigenvalue weighted by Gasteiger charge is 2.57. The lowest BCUT2D eigenvalue weighted by atomic mass is 9.74. The Bertz CT molecular complexity index is 951. The number of benzene rings is 2. The number of rotatable bonds is 4. The van der Waals surface area contributed by atoms with Crippen molar-refractivity contribution in [3.63, 3.8) is 0 Å². The van der Waals surface area contributed by atoms with E-state index in [0.717, 1.165) is 5.56 Å². The third-order valence-corrected chi connectivity index (χ3v) is 6.08. The summed E-state index contributed by atoms with van der Waals surface area (Å²) in [5.74, 6) is 1.43. The zero-order valence-corrected chi connectivity index (χ0v) is 16.8. The van der Waals surface area contributed by atoms with E-state index in [4.69, 9.17) is 9.47 Å². The van der Waals surface area contributed by atoms with Crippen LogP contribution in [0.1, 0.15) is 31.4 Å². The van der Waals surface area contributed by atoms with Crippen molar-refractivity contribution < 1.29 is 14.3 Å². The number of fused-ring (bicyclic) bond motifs is 3. The average Bonchev–Trinajstić information content (AvgIpc) is 2.90. The molecule has 1 amide bonds. The van der Waals surface area contributed by atoms with E-state index in [2.05, 4.69) is 54.4 Å². The molecule has 146 valence electrons. The van der Waals surface area contributed by atoms with Crippen molar-refractivity contribution in [2.75, 3.05) is 25.7 Å². The van der Waals surface area contributed by atoms with Gasteiger partial charge in [0.25, 0.3) is 0 Å². The Hall–Kier alpha value is -2.95. The number of anilines is 1. The summed E-state index contributed by atoms with van der Waals surface area (Å²) in [7, 11) is 3.27. The van der Waals surface area contributed by atoms with Crippen LogP contribution in [0, 0.1) is 0 Å². The molecular formula is C23H26N2O3. The molecule has 5 heteroatoms. The Morgan fingerprint density at radius 2 is 1.86 bits per heavy atom. The van der Waals surface area contributed by atoms with Crippen LogP contribution in [0.3, 0.4) is 0 Å². The molecule has 2 aliphatic heterocycles. The van der Waals surface area contributed by atoms with Gasteiger partial charge in [-0.1, -0.05) is 50.3 Å². The molecule has 1 fully saturated rings. The Balaban J connectivity index is 1.85. The fraction of sp³-hybridized carbons (Fsp3) is 0.348. The third-order valence-electron chi connectivity index (χ3n) is 6.08. The number of hydrogen-bond acceptors (Lipinski definition) is 4. The molecule has 5 nitrogen and oxygen atoms in total. The second-order valence-electron chi connectivity index (χ2n) is 7.77. The number of methoxy groups -OCH3 is 2.